The number of pyridine rings is 1. The molecule has 0 unspecified atom stereocenters. The van der Waals surface area contributed by atoms with Gasteiger partial charge >= 0.3 is 0 Å². The molecule has 0 saturated carbocycles. The molecule has 2 aromatic rings. The molecule has 0 amide bonds. The van der Waals surface area contributed by atoms with Gasteiger partial charge in [0.25, 0.3) is 0 Å². The summed E-state index contributed by atoms with van der Waals surface area (Å²) in [4.78, 5) is 3.86. The van der Waals surface area contributed by atoms with E-state index in [0.29, 0.717) is 5.56 Å². The predicted octanol–water partition coefficient (Wildman–Crippen LogP) is 3.54. The standard InChI is InChI=1S/C12H6ClFN2O/c13-9-2-1-3-10(12(9)14)17-11-5-4-8(6-15)7-16-11/h1-5,7H. The topological polar surface area (TPSA) is 45.9 Å². The molecule has 0 radical (unpaired) electrons. The van der Waals surface area contributed by atoms with Crippen LogP contribution in [-0.2, 0) is 0 Å². The summed E-state index contributed by atoms with van der Waals surface area (Å²) >= 11 is 5.61. The van der Waals surface area contributed by atoms with Gasteiger partial charge in [-0.05, 0) is 18.2 Å². The lowest BCUT2D eigenvalue weighted by Gasteiger charge is -2.06. The molecule has 0 N–H and O–H groups in total. The second-order valence-electron chi connectivity index (χ2n) is 3.15. The summed E-state index contributed by atoms with van der Waals surface area (Å²) in [5.74, 6) is -0.444. The van der Waals surface area contributed by atoms with Gasteiger partial charge in [0.15, 0.2) is 11.6 Å². The Morgan fingerprint density at radius 1 is 1.29 bits per heavy atom. The molecule has 1 aromatic carbocycles. The Balaban J connectivity index is 2.26. The molecule has 2 rings (SSSR count). The Labute approximate surface area is 102 Å². The molecule has 84 valence electrons. The molecule has 0 aliphatic heterocycles. The molecule has 17 heavy (non-hydrogen) atoms. The van der Waals surface area contributed by atoms with E-state index in [0.717, 1.165) is 0 Å². The Kier molecular flexibility index (Phi) is 3.22. The van der Waals surface area contributed by atoms with Crippen LogP contribution in [-0.4, -0.2) is 4.98 Å². The van der Waals surface area contributed by atoms with E-state index < -0.39 is 5.82 Å². The van der Waals surface area contributed by atoms with Crippen molar-refractivity contribution in [2.45, 2.75) is 0 Å². The molecule has 0 bridgehead atoms. The van der Waals surface area contributed by atoms with Gasteiger partial charge in [0.05, 0.1) is 10.6 Å². The van der Waals surface area contributed by atoms with Gasteiger partial charge in [0, 0.05) is 12.3 Å². The van der Waals surface area contributed by atoms with Crippen LogP contribution < -0.4 is 4.74 Å². The van der Waals surface area contributed by atoms with Gasteiger partial charge in [-0.2, -0.15) is 5.26 Å². The van der Waals surface area contributed by atoms with Crippen molar-refractivity contribution < 1.29 is 9.13 Å². The average molecular weight is 249 g/mol. The summed E-state index contributed by atoms with van der Waals surface area (Å²) in [5, 5.41) is 8.57. The number of halogens is 2. The highest BCUT2D eigenvalue weighted by Crippen LogP contribution is 2.27. The van der Waals surface area contributed by atoms with Crippen molar-refractivity contribution in [3.8, 4) is 17.7 Å². The molecule has 3 nitrogen and oxygen atoms in total. The molecule has 0 spiro atoms. The number of nitriles is 1. The first kappa shape index (κ1) is 11.4. The Hall–Kier alpha value is -2.12. The maximum absolute atomic E-state index is 13.5. The molecule has 0 atom stereocenters. The summed E-state index contributed by atoms with van der Waals surface area (Å²) in [5.41, 5.74) is 0.406. The van der Waals surface area contributed by atoms with Crippen molar-refractivity contribution in [3.63, 3.8) is 0 Å². The van der Waals surface area contributed by atoms with Crippen molar-refractivity contribution in [1.82, 2.24) is 4.98 Å². The molecule has 1 heterocycles. The van der Waals surface area contributed by atoms with Crippen LogP contribution in [0.25, 0.3) is 0 Å². The second kappa shape index (κ2) is 4.81. The second-order valence-corrected chi connectivity index (χ2v) is 3.56. The number of nitrogens with zero attached hydrogens (tertiary/aromatic N) is 2. The van der Waals surface area contributed by atoms with E-state index >= 15 is 0 Å². The third kappa shape index (κ3) is 2.52. The van der Waals surface area contributed by atoms with Gasteiger partial charge in [0.2, 0.25) is 5.88 Å². The van der Waals surface area contributed by atoms with Crippen molar-refractivity contribution >= 4 is 11.6 Å². The number of rotatable bonds is 2. The van der Waals surface area contributed by atoms with Gasteiger partial charge in [-0.25, -0.2) is 9.37 Å². The highest BCUT2D eigenvalue weighted by molar-refractivity contribution is 6.30. The summed E-state index contributed by atoms with van der Waals surface area (Å²) in [7, 11) is 0. The summed E-state index contributed by atoms with van der Waals surface area (Å²) in [6.45, 7) is 0. The van der Waals surface area contributed by atoms with Crippen LogP contribution in [0.15, 0.2) is 36.5 Å². The molecule has 0 aliphatic carbocycles. The van der Waals surface area contributed by atoms with Crippen LogP contribution >= 0.6 is 11.6 Å². The van der Waals surface area contributed by atoms with Crippen molar-refractivity contribution in [2.24, 2.45) is 0 Å². The van der Waals surface area contributed by atoms with E-state index in [4.69, 9.17) is 21.6 Å². The number of hydrogen-bond acceptors (Lipinski definition) is 3. The predicted molar refractivity (Wildman–Crippen MR) is 60.4 cm³/mol. The van der Waals surface area contributed by atoms with E-state index in [-0.39, 0.29) is 16.7 Å². The largest absolute Gasteiger partial charge is 0.436 e. The van der Waals surface area contributed by atoms with E-state index in [1.165, 1.54) is 30.5 Å². The fourth-order valence-electron chi connectivity index (χ4n) is 1.18. The third-order valence-electron chi connectivity index (χ3n) is 2.00. The Morgan fingerprint density at radius 3 is 2.76 bits per heavy atom. The summed E-state index contributed by atoms with van der Waals surface area (Å²) < 4.78 is 18.7. The SMILES string of the molecule is N#Cc1ccc(Oc2cccc(Cl)c2F)nc1. The summed E-state index contributed by atoms with van der Waals surface area (Å²) in [6.07, 6.45) is 1.35. The van der Waals surface area contributed by atoms with Crippen LogP contribution in [0.5, 0.6) is 11.6 Å². The number of ether oxygens (including phenoxy) is 1. The van der Waals surface area contributed by atoms with Crippen LogP contribution in [0, 0.1) is 17.1 Å². The van der Waals surface area contributed by atoms with Gasteiger partial charge in [0.1, 0.15) is 6.07 Å². The molecule has 1 aromatic heterocycles. The smallest absolute Gasteiger partial charge is 0.219 e. The number of hydrogen-bond donors (Lipinski definition) is 0. The average Bonchev–Trinajstić information content (AvgIpc) is 2.36. The fourth-order valence-corrected chi connectivity index (χ4v) is 1.35. The number of benzene rings is 1. The third-order valence-corrected chi connectivity index (χ3v) is 2.29. The van der Waals surface area contributed by atoms with Crippen molar-refractivity contribution in [2.75, 3.05) is 0 Å². The molecule has 5 heteroatoms. The maximum Gasteiger partial charge on any atom is 0.219 e. The minimum absolute atomic E-state index is 0.00490. The maximum atomic E-state index is 13.5. The summed E-state index contributed by atoms with van der Waals surface area (Å²) in [6, 6.07) is 9.39. The van der Waals surface area contributed by atoms with E-state index in [1.54, 1.807) is 6.07 Å². The molecular weight excluding hydrogens is 243 g/mol. The minimum Gasteiger partial charge on any atom is -0.436 e. The number of aromatic nitrogens is 1. The van der Waals surface area contributed by atoms with Gasteiger partial charge in [-0.15, -0.1) is 0 Å². The zero-order valence-electron chi connectivity index (χ0n) is 8.52. The molecule has 0 saturated heterocycles. The van der Waals surface area contributed by atoms with Crippen LogP contribution in [0.3, 0.4) is 0 Å². The van der Waals surface area contributed by atoms with Crippen LogP contribution in [0.2, 0.25) is 5.02 Å². The molecule has 0 aliphatic rings. The van der Waals surface area contributed by atoms with Crippen molar-refractivity contribution in [3.05, 3.63) is 52.9 Å². The van der Waals surface area contributed by atoms with Gasteiger partial charge in [-0.1, -0.05) is 17.7 Å². The van der Waals surface area contributed by atoms with Gasteiger partial charge in [-0.3, -0.25) is 0 Å². The zero-order valence-corrected chi connectivity index (χ0v) is 9.28. The van der Waals surface area contributed by atoms with Crippen LogP contribution in [0.1, 0.15) is 5.56 Å². The minimum atomic E-state index is -0.639. The highest BCUT2D eigenvalue weighted by Gasteiger charge is 2.08. The first-order chi connectivity index (χ1) is 8.20. The lowest BCUT2D eigenvalue weighted by molar-refractivity contribution is 0.427. The lowest BCUT2D eigenvalue weighted by atomic mass is 10.3. The van der Waals surface area contributed by atoms with E-state index in [1.807, 2.05) is 6.07 Å². The molecular formula is C12H6ClFN2O. The molecule has 0 fully saturated rings. The first-order valence-corrected chi connectivity index (χ1v) is 5.06. The van der Waals surface area contributed by atoms with Crippen LogP contribution in [0.4, 0.5) is 4.39 Å². The highest BCUT2D eigenvalue weighted by atomic mass is 35.5. The fraction of sp³-hybridized carbons (Fsp3) is 0. The normalized spacial score (nSPS) is 9.71. The lowest BCUT2D eigenvalue weighted by Crippen LogP contribution is -1.91. The zero-order chi connectivity index (χ0) is 12.3. The quantitative estimate of drug-likeness (QED) is 0.817. The van der Waals surface area contributed by atoms with Gasteiger partial charge < -0.3 is 4.74 Å². The van der Waals surface area contributed by atoms with Crippen molar-refractivity contribution in [1.29, 1.82) is 5.26 Å². The Bertz CT molecular complexity index is 578. The first-order valence-electron chi connectivity index (χ1n) is 4.69. The van der Waals surface area contributed by atoms with E-state index in [2.05, 4.69) is 4.98 Å². The van der Waals surface area contributed by atoms with E-state index in [9.17, 15) is 4.39 Å². The monoisotopic (exact) mass is 248 g/mol. The Morgan fingerprint density at radius 2 is 2.12 bits per heavy atom.